The van der Waals surface area contributed by atoms with E-state index in [-0.39, 0.29) is 16.7 Å². The lowest BCUT2D eigenvalue weighted by molar-refractivity contribution is -0.127. The number of methoxy groups -OCH3 is 1. The van der Waals surface area contributed by atoms with E-state index >= 15 is 0 Å². The fraction of sp³-hybridized carbons (Fsp3) is 0.312. The molecule has 1 aliphatic rings. The number of rotatable bonds is 8. The molecule has 8 nitrogen and oxygen atoms in total. The fourth-order valence-electron chi connectivity index (χ4n) is 4.57. The topological polar surface area (TPSA) is 104 Å². The second-order valence-corrected chi connectivity index (χ2v) is 11.6. The number of carbonyl (C=O) groups is 2. The van der Waals surface area contributed by atoms with Crippen molar-refractivity contribution >= 4 is 28.0 Å². The normalized spacial score (nSPS) is 15.2. The van der Waals surface area contributed by atoms with Gasteiger partial charge in [-0.1, -0.05) is 36.0 Å². The smallest absolute Gasteiger partial charge is 0.294 e. The van der Waals surface area contributed by atoms with Crippen molar-refractivity contribution in [2.75, 3.05) is 33.3 Å². The SMILES string of the molecule is COc1cc(C)c(/C=C/C(C)=C/C=C/C(C)=C/C(=O)N2CCN(C(=O)c3ccc(S(=O)(=O)O)cc3)CC2)c(C)c1C. The van der Waals surface area contributed by atoms with Crippen LogP contribution in [0, 0.1) is 20.8 Å². The lowest BCUT2D eigenvalue weighted by Gasteiger charge is -2.34. The standard InChI is InChI=1S/C32H38N2O6S/c1-22(10-15-29-24(3)21-30(40-6)26(5)25(29)4)8-7-9-23(2)20-31(35)33-16-18-34(19-17-33)32(36)27-11-13-28(14-12-27)41(37,38)39/h7-15,20-21H,16-19H2,1-6H3,(H,37,38,39)/b9-7+,15-10+,22-8+,23-20+. The highest BCUT2D eigenvalue weighted by Crippen LogP contribution is 2.28. The Hall–Kier alpha value is -3.95. The van der Waals surface area contributed by atoms with Crippen molar-refractivity contribution in [2.45, 2.75) is 39.5 Å². The van der Waals surface area contributed by atoms with Gasteiger partial charge in [0.2, 0.25) is 5.91 Å². The Balaban J connectivity index is 1.55. The summed E-state index contributed by atoms with van der Waals surface area (Å²) in [5.74, 6) is 0.529. The molecular weight excluding hydrogens is 540 g/mol. The van der Waals surface area contributed by atoms with Crippen LogP contribution in [0.1, 0.15) is 46.5 Å². The minimum atomic E-state index is -4.32. The zero-order valence-corrected chi connectivity index (χ0v) is 25.3. The van der Waals surface area contributed by atoms with Crippen molar-refractivity contribution in [1.29, 1.82) is 0 Å². The van der Waals surface area contributed by atoms with E-state index in [0.717, 1.165) is 28.0 Å². The van der Waals surface area contributed by atoms with Gasteiger partial charge >= 0.3 is 0 Å². The molecule has 1 saturated heterocycles. The lowest BCUT2D eigenvalue weighted by Crippen LogP contribution is -2.50. The molecule has 0 radical (unpaired) electrons. The molecule has 0 spiro atoms. The summed E-state index contributed by atoms with van der Waals surface area (Å²) < 4.78 is 37.0. The van der Waals surface area contributed by atoms with Crippen LogP contribution in [-0.4, -0.2) is 67.9 Å². The Morgan fingerprint density at radius 2 is 1.51 bits per heavy atom. The minimum absolute atomic E-state index is 0.113. The fourth-order valence-corrected chi connectivity index (χ4v) is 5.05. The van der Waals surface area contributed by atoms with E-state index in [1.807, 2.05) is 32.1 Å². The molecule has 0 unspecified atom stereocenters. The molecular formula is C32H38N2O6S. The minimum Gasteiger partial charge on any atom is -0.496 e. The first-order chi connectivity index (χ1) is 19.3. The van der Waals surface area contributed by atoms with Crippen molar-refractivity contribution in [3.8, 4) is 5.75 Å². The molecule has 218 valence electrons. The third kappa shape index (κ3) is 8.28. The van der Waals surface area contributed by atoms with Gasteiger partial charge in [-0.3, -0.25) is 14.1 Å². The predicted molar refractivity (Wildman–Crippen MR) is 162 cm³/mol. The molecule has 0 atom stereocenters. The van der Waals surface area contributed by atoms with E-state index in [1.165, 1.54) is 35.4 Å². The molecule has 3 rings (SSSR count). The molecule has 2 amide bonds. The summed E-state index contributed by atoms with van der Waals surface area (Å²) in [7, 11) is -2.63. The van der Waals surface area contributed by atoms with Gasteiger partial charge < -0.3 is 14.5 Å². The van der Waals surface area contributed by atoms with Crippen molar-refractivity contribution in [3.05, 3.63) is 99.7 Å². The van der Waals surface area contributed by atoms with Crippen LogP contribution in [0.5, 0.6) is 5.75 Å². The number of allylic oxidation sites excluding steroid dienone is 6. The van der Waals surface area contributed by atoms with Crippen molar-refractivity contribution in [2.24, 2.45) is 0 Å². The maximum Gasteiger partial charge on any atom is 0.294 e. The highest BCUT2D eigenvalue weighted by molar-refractivity contribution is 7.85. The van der Waals surface area contributed by atoms with Crippen LogP contribution in [-0.2, 0) is 14.9 Å². The van der Waals surface area contributed by atoms with E-state index in [9.17, 15) is 18.0 Å². The first-order valence-corrected chi connectivity index (χ1v) is 14.8. The zero-order chi connectivity index (χ0) is 30.3. The molecule has 0 aliphatic carbocycles. The monoisotopic (exact) mass is 578 g/mol. The first-order valence-electron chi connectivity index (χ1n) is 13.3. The number of carbonyl (C=O) groups excluding carboxylic acids is 2. The number of hydrogen-bond acceptors (Lipinski definition) is 5. The number of piperazine rings is 1. The van der Waals surface area contributed by atoms with Gasteiger partial charge in [0.25, 0.3) is 16.0 Å². The largest absolute Gasteiger partial charge is 0.496 e. The van der Waals surface area contributed by atoms with Crippen LogP contribution in [0.3, 0.4) is 0 Å². The first kappa shape index (κ1) is 31.6. The maximum atomic E-state index is 12.8. The maximum absolute atomic E-state index is 12.8. The molecule has 2 aromatic rings. The molecule has 1 N–H and O–H groups in total. The molecule has 9 heteroatoms. The van der Waals surface area contributed by atoms with Gasteiger partial charge in [-0.2, -0.15) is 8.42 Å². The Bertz CT molecular complexity index is 1520. The summed E-state index contributed by atoms with van der Waals surface area (Å²) in [5.41, 5.74) is 6.86. The Labute approximate surface area is 243 Å². The van der Waals surface area contributed by atoms with Crippen LogP contribution < -0.4 is 4.74 Å². The summed E-state index contributed by atoms with van der Waals surface area (Å²) in [6, 6.07) is 7.18. The van der Waals surface area contributed by atoms with Crippen LogP contribution >= 0.6 is 0 Å². The Morgan fingerprint density at radius 3 is 2.10 bits per heavy atom. The molecule has 1 fully saturated rings. The van der Waals surface area contributed by atoms with Crippen molar-refractivity contribution in [1.82, 2.24) is 9.80 Å². The number of nitrogens with zero attached hydrogens (tertiary/aromatic N) is 2. The van der Waals surface area contributed by atoms with Gasteiger partial charge in [0.05, 0.1) is 12.0 Å². The van der Waals surface area contributed by atoms with Crippen LogP contribution in [0.4, 0.5) is 0 Å². The van der Waals surface area contributed by atoms with Gasteiger partial charge in [-0.15, -0.1) is 0 Å². The summed E-state index contributed by atoms with van der Waals surface area (Å²) in [6.07, 6.45) is 11.6. The van der Waals surface area contributed by atoms with Gasteiger partial charge in [-0.05, 0) is 92.8 Å². The van der Waals surface area contributed by atoms with E-state index in [4.69, 9.17) is 9.29 Å². The summed E-state index contributed by atoms with van der Waals surface area (Å²) >= 11 is 0. The van der Waals surface area contributed by atoms with Crippen LogP contribution in [0.2, 0.25) is 0 Å². The predicted octanol–water partition coefficient (Wildman–Crippen LogP) is 5.31. The molecule has 0 bridgehead atoms. The molecule has 0 aromatic heterocycles. The number of hydrogen-bond donors (Lipinski definition) is 1. The third-order valence-corrected chi connectivity index (χ3v) is 8.06. The lowest BCUT2D eigenvalue weighted by atomic mass is 9.96. The second-order valence-electron chi connectivity index (χ2n) is 10.2. The van der Waals surface area contributed by atoms with E-state index in [1.54, 1.807) is 23.0 Å². The highest BCUT2D eigenvalue weighted by Gasteiger charge is 2.24. The summed E-state index contributed by atoms with van der Waals surface area (Å²) in [5, 5.41) is 0. The number of amides is 2. The quantitative estimate of drug-likeness (QED) is 0.259. The third-order valence-electron chi connectivity index (χ3n) is 7.19. The average Bonchev–Trinajstić information content (AvgIpc) is 2.94. The van der Waals surface area contributed by atoms with Crippen LogP contribution in [0.15, 0.2) is 76.8 Å². The van der Waals surface area contributed by atoms with Crippen LogP contribution in [0.25, 0.3) is 6.08 Å². The van der Waals surface area contributed by atoms with E-state index < -0.39 is 10.1 Å². The molecule has 0 saturated carbocycles. The molecule has 1 heterocycles. The van der Waals surface area contributed by atoms with E-state index in [2.05, 4.69) is 39.0 Å². The summed E-state index contributed by atoms with van der Waals surface area (Å²) in [4.78, 5) is 28.6. The summed E-state index contributed by atoms with van der Waals surface area (Å²) in [6.45, 7) is 11.7. The highest BCUT2D eigenvalue weighted by atomic mass is 32.2. The second kappa shape index (κ2) is 13.6. The molecule has 41 heavy (non-hydrogen) atoms. The Kier molecular flexibility index (Phi) is 10.5. The van der Waals surface area contributed by atoms with Gasteiger partial charge in [0.1, 0.15) is 5.75 Å². The molecule has 2 aromatic carbocycles. The van der Waals surface area contributed by atoms with Crippen molar-refractivity contribution in [3.63, 3.8) is 0 Å². The van der Waals surface area contributed by atoms with Gasteiger partial charge in [-0.25, -0.2) is 0 Å². The zero-order valence-electron chi connectivity index (χ0n) is 24.5. The van der Waals surface area contributed by atoms with Gasteiger partial charge in [0.15, 0.2) is 0 Å². The number of benzene rings is 2. The van der Waals surface area contributed by atoms with E-state index in [0.29, 0.717) is 31.7 Å². The Morgan fingerprint density at radius 1 is 0.902 bits per heavy atom. The van der Waals surface area contributed by atoms with Gasteiger partial charge in [0, 0.05) is 37.8 Å². The number of ether oxygens (including phenoxy) is 1. The average molecular weight is 579 g/mol. The number of aryl methyl sites for hydroxylation is 1. The van der Waals surface area contributed by atoms with Crippen molar-refractivity contribution < 1.29 is 27.3 Å². The molecule has 1 aliphatic heterocycles.